The summed E-state index contributed by atoms with van der Waals surface area (Å²) < 4.78 is 11.7. The molecule has 0 spiro atoms. The molecule has 6 nitrogen and oxygen atoms in total. The van der Waals surface area contributed by atoms with E-state index < -0.39 is 23.9 Å². The number of carbonyl (C=O) groups is 2. The van der Waals surface area contributed by atoms with Gasteiger partial charge in [-0.05, 0) is 18.5 Å². The summed E-state index contributed by atoms with van der Waals surface area (Å²) >= 11 is 5.97. The van der Waals surface area contributed by atoms with Crippen LogP contribution in [-0.2, 0) is 25.5 Å². The third-order valence-electron chi connectivity index (χ3n) is 5.12. The molecule has 7 heteroatoms. The molecule has 3 rings (SSSR count). The zero-order chi connectivity index (χ0) is 19.2. The van der Waals surface area contributed by atoms with Gasteiger partial charge in [0.15, 0.2) is 5.78 Å². The highest BCUT2D eigenvalue weighted by Crippen LogP contribution is 2.28. The Hall–Kier alpha value is -1.73. The monoisotopic (exact) mass is 393 g/mol. The molecule has 146 valence electrons. The Bertz CT molecular complexity index is 693. The van der Waals surface area contributed by atoms with Gasteiger partial charge < -0.3 is 19.9 Å². The first-order valence-electron chi connectivity index (χ1n) is 9.15. The molecule has 2 N–H and O–H groups in total. The second-order valence-electron chi connectivity index (χ2n) is 6.95. The minimum absolute atomic E-state index is 0.186. The number of piperidine rings is 1. The van der Waals surface area contributed by atoms with Gasteiger partial charge >= 0.3 is 5.97 Å². The van der Waals surface area contributed by atoms with Crippen molar-refractivity contribution in [3.63, 3.8) is 0 Å². The van der Waals surface area contributed by atoms with Crippen LogP contribution in [0.2, 0.25) is 0 Å². The number of nitrogens with one attached hydrogen (secondary N) is 1. The molecule has 0 bridgehead atoms. The number of Topliss-reactive ketones (excluding diaryl/α,β-unsaturated/α-hetero) is 1. The van der Waals surface area contributed by atoms with Gasteiger partial charge in [0, 0.05) is 30.0 Å². The van der Waals surface area contributed by atoms with Gasteiger partial charge in [-0.2, -0.15) is 0 Å². The highest BCUT2D eigenvalue weighted by molar-refractivity contribution is 6.28. The summed E-state index contributed by atoms with van der Waals surface area (Å²) in [6.07, 6.45) is 0.368. The van der Waals surface area contributed by atoms with Crippen LogP contribution in [0.25, 0.3) is 0 Å². The molecule has 2 saturated heterocycles. The summed E-state index contributed by atoms with van der Waals surface area (Å²) in [6, 6.07) is 9.92. The summed E-state index contributed by atoms with van der Waals surface area (Å²) in [7, 11) is 0. The van der Waals surface area contributed by atoms with Crippen LogP contribution >= 0.6 is 11.6 Å². The van der Waals surface area contributed by atoms with Crippen molar-refractivity contribution in [2.45, 2.75) is 25.0 Å². The Kier molecular flexibility index (Phi) is 7.01. The lowest BCUT2D eigenvalue weighted by Crippen LogP contribution is -2.47. The average molecular weight is 394 g/mol. The third-order valence-corrected chi connectivity index (χ3v) is 5.36. The number of benzene rings is 1. The molecule has 1 aromatic carbocycles. The first kappa shape index (κ1) is 20.0. The van der Waals surface area contributed by atoms with Crippen molar-refractivity contribution in [1.82, 2.24) is 5.32 Å². The number of hydrogen-bond donors (Lipinski definition) is 2. The van der Waals surface area contributed by atoms with Crippen molar-refractivity contribution in [2.75, 3.05) is 26.3 Å². The van der Waals surface area contributed by atoms with Gasteiger partial charge in [0.2, 0.25) is 0 Å². The molecule has 0 amide bonds. The van der Waals surface area contributed by atoms with Gasteiger partial charge in [0.1, 0.15) is 6.10 Å². The largest absolute Gasteiger partial charge is 0.481 e. The van der Waals surface area contributed by atoms with Crippen molar-refractivity contribution in [3.8, 4) is 0 Å². The van der Waals surface area contributed by atoms with E-state index in [-0.39, 0.29) is 25.0 Å². The van der Waals surface area contributed by atoms with E-state index in [2.05, 4.69) is 5.32 Å². The van der Waals surface area contributed by atoms with Crippen molar-refractivity contribution in [3.05, 3.63) is 47.0 Å². The number of ether oxygens (including phenoxy) is 2. The summed E-state index contributed by atoms with van der Waals surface area (Å²) in [4.78, 5) is 24.5. The number of hydrogen-bond acceptors (Lipinski definition) is 5. The number of ketones is 1. The first-order chi connectivity index (χ1) is 13.1. The topological polar surface area (TPSA) is 84.9 Å². The maximum Gasteiger partial charge on any atom is 0.308 e. The molecule has 0 aromatic heterocycles. The molecule has 4 atom stereocenters. The zero-order valence-electron chi connectivity index (χ0n) is 15.0. The molecule has 27 heavy (non-hydrogen) atoms. The Balaban J connectivity index is 1.69. The summed E-state index contributed by atoms with van der Waals surface area (Å²) in [5, 5.41) is 12.5. The van der Waals surface area contributed by atoms with E-state index in [1.165, 1.54) is 5.54 Å². The van der Waals surface area contributed by atoms with Crippen LogP contribution in [0, 0.1) is 11.8 Å². The average Bonchev–Trinajstić information content (AvgIpc) is 2.69. The van der Waals surface area contributed by atoms with Gasteiger partial charge in [-0.1, -0.05) is 41.9 Å². The molecule has 2 aliphatic heterocycles. The second-order valence-corrected chi connectivity index (χ2v) is 7.16. The minimum atomic E-state index is -0.975. The quantitative estimate of drug-likeness (QED) is 0.719. The maximum absolute atomic E-state index is 13.0. The fraction of sp³-hybridized carbons (Fsp3) is 0.500. The number of carboxylic acids is 1. The standard InChI is InChI=1S/C20H24ClNO5/c21-9-16(19(23)15-6-7-22-10-17(15)20(24)25)18-12-26-11-14(27-18)8-13-4-2-1-3-5-13/h1-5,9,14-15,17-18,22H,6-8,10-12H2,(H,24,25)/b16-9+. The lowest BCUT2D eigenvalue weighted by molar-refractivity contribution is -0.148. The maximum atomic E-state index is 13.0. The van der Waals surface area contributed by atoms with Gasteiger partial charge in [0.05, 0.1) is 25.2 Å². The Morgan fingerprint density at radius 3 is 2.70 bits per heavy atom. The molecule has 1 aromatic rings. The fourth-order valence-electron chi connectivity index (χ4n) is 3.69. The van der Waals surface area contributed by atoms with Gasteiger partial charge in [-0.15, -0.1) is 0 Å². The SMILES string of the molecule is O=C(O)C1CNCCC1C(=O)/C(=C/Cl)C1COCC(Cc2ccccc2)O1. The number of carboxylic acid groups (broad SMARTS) is 1. The van der Waals surface area contributed by atoms with E-state index in [1.54, 1.807) is 0 Å². The number of rotatable bonds is 6. The molecular weight excluding hydrogens is 370 g/mol. The van der Waals surface area contributed by atoms with Crippen LogP contribution in [0.3, 0.4) is 0 Å². The molecule has 2 heterocycles. The van der Waals surface area contributed by atoms with Gasteiger partial charge in [0.25, 0.3) is 0 Å². The van der Waals surface area contributed by atoms with Gasteiger partial charge in [-0.3, -0.25) is 9.59 Å². The first-order valence-corrected chi connectivity index (χ1v) is 9.59. The number of aliphatic carboxylic acids is 1. The summed E-state index contributed by atoms with van der Waals surface area (Å²) in [5.74, 6) is -2.60. The van der Waals surface area contributed by atoms with Gasteiger partial charge in [-0.25, -0.2) is 0 Å². The van der Waals surface area contributed by atoms with Crippen molar-refractivity contribution >= 4 is 23.4 Å². The lowest BCUT2D eigenvalue weighted by Gasteiger charge is -2.34. The molecular formula is C20H24ClNO5. The second kappa shape index (κ2) is 9.46. The van der Waals surface area contributed by atoms with E-state index in [9.17, 15) is 14.7 Å². The molecule has 2 fully saturated rings. The third kappa shape index (κ3) is 4.96. The van der Waals surface area contributed by atoms with Crippen LogP contribution in [0.1, 0.15) is 12.0 Å². The van der Waals surface area contributed by atoms with Crippen LogP contribution in [-0.4, -0.2) is 55.4 Å². The van der Waals surface area contributed by atoms with Crippen LogP contribution in [0.5, 0.6) is 0 Å². The fourth-order valence-corrected chi connectivity index (χ4v) is 3.94. The van der Waals surface area contributed by atoms with Crippen molar-refractivity contribution in [1.29, 1.82) is 0 Å². The number of carbonyl (C=O) groups excluding carboxylic acids is 1. The van der Waals surface area contributed by atoms with Crippen LogP contribution in [0.4, 0.5) is 0 Å². The predicted octanol–water partition coefficient (Wildman–Crippen LogP) is 2.02. The normalized spacial score (nSPS) is 29.3. The molecule has 2 aliphatic rings. The van der Waals surface area contributed by atoms with E-state index in [1.807, 2.05) is 30.3 Å². The predicted molar refractivity (Wildman–Crippen MR) is 101 cm³/mol. The molecule has 0 saturated carbocycles. The van der Waals surface area contributed by atoms with Crippen LogP contribution < -0.4 is 5.32 Å². The Morgan fingerprint density at radius 2 is 2.00 bits per heavy atom. The lowest BCUT2D eigenvalue weighted by atomic mass is 9.80. The Labute approximate surface area is 163 Å². The summed E-state index contributed by atoms with van der Waals surface area (Å²) in [6.45, 7) is 1.56. The smallest absolute Gasteiger partial charge is 0.308 e. The highest BCUT2D eigenvalue weighted by atomic mass is 35.5. The van der Waals surface area contributed by atoms with Crippen LogP contribution in [0.15, 0.2) is 41.4 Å². The van der Waals surface area contributed by atoms with E-state index in [0.717, 1.165) is 5.56 Å². The number of halogens is 1. The molecule has 4 unspecified atom stereocenters. The van der Waals surface area contributed by atoms with E-state index in [4.69, 9.17) is 21.1 Å². The van der Waals surface area contributed by atoms with E-state index in [0.29, 0.717) is 31.6 Å². The molecule has 0 aliphatic carbocycles. The zero-order valence-corrected chi connectivity index (χ0v) is 15.7. The van der Waals surface area contributed by atoms with E-state index >= 15 is 0 Å². The molecule has 0 radical (unpaired) electrons. The Morgan fingerprint density at radius 1 is 1.22 bits per heavy atom. The van der Waals surface area contributed by atoms with Crippen molar-refractivity contribution in [2.24, 2.45) is 11.8 Å². The summed E-state index contributed by atoms with van der Waals surface area (Å²) in [5.41, 5.74) is 2.65. The minimum Gasteiger partial charge on any atom is -0.481 e. The van der Waals surface area contributed by atoms with Crippen molar-refractivity contribution < 1.29 is 24.2 Å². The highest BCUT2D eigenvalue weighted by Gasteiger charge is 2.39.